The van der Waals surface area contributed by atoms with Crippen LogP contribution in [0.2, 0.25) is 0 Å². The van der Waals surface area contributed by atoms with Crippen LogP contribution in [0, 0.1) is 11.8 Å². The first-order chi connectivity index (χ1) is 3.41. The Labute approximate surface area is 43.4 Å². The molecule has 0 aliphatic heterocycles. The Kier molecular flexibility index (Phi) is 5.07. The molecule has 0 rings (SSSR count). The Balaban J connectivity index is 2.78. The number of hydrogen-bond acceptors (Lipinski definition) is 2. The molecule has 0 bridgehead atoms. The van der Waals surface area contributed by atoms with Crippen molar-refractivity contribution in [3.63, 3.8) is 0 Å². The van der Waals surface area contributed by atoms with E-state index in [1.165, 1.54) is 7.11 Å². The molecule has 0 heterocycles. The third-order valence-corrected chi connectivity index (χ3v) is 0.426. The van der Waals surface area contributed by atoms with Gasteiger partial charge in [0.2, 0.25) is 0 Å². The van der Waals surface area contributed by atoms with Crippen molar-refractivity contribution in [1.82, 2.24) is 0 Å². The highest BCUT2D eigenvalue weighted by molar-refractivity contribution is 4.94. The summed E-state index contributed by atoms with van der Waals surface area (Å²) in [4.78, 5) is 8.64. The zero-order valence-electron chi connectivity index (χ0n) is 4.52. The Morgan fingerprint density at radius 3 is 2.71 bits per heavy atom. The van der Waals surface area contributed by atoms with Gasteiger partial charge in [0.25, 0.3) is 0 Å². The second-order valence-corrected chi connectivity index (χ2v) is 0.856. The average Bonchev–Trinajstić information content (AvgIpc) is 1.69. The molecule has 0 aromatic rings. The molecule has 2 nitrogen and oxygen atoms in total. The maximum Gasteiger partial charge on any atom is 0.143 e. The monoisotopic (exact) mass is 100 g/mol. The molecule has 0 radical (unpaired) electrons. The molecule has 0 N–H and O–H groups in total. The molecule has 0 aliphatic rings. The van der Waals surface area contributed by atoms with E-state index in [-0.39, 0.29) is 0 Å². The normalized spacial score (nSPS) is 7.14. The van der Waals surface area contributed by atoms with Crippen LogP contribution in [0.4, 0.5) is 0 Å². The van der Waals surface area contributed by atoms with E-state index in [4.69, 9.17) is 0 Å². The Hall–Kier alpha value is -0.520. The summed E-state index contributed by atoms with van der Waals surface area (Å²) in [5.41, 5.74) is 0. The summed E-state index contributed by atoms with van der Waals surface area (Å²) in [6.45, 7) is 2.10. The lowest BCUT2D eigenvalue weighted by atomic mass is 10.6. The second kappa shape index (κ2) is 5.48. The SMILES string of the molecule is CC#CCOOC. The summed E-state index contributed by atoms with van der Waals surface area (Å²) in [5, 5.41) is 0. The molecule has 0 saturated heterocycles. The quantitative estimate of drug-likeness (QED) is 0.219. The highest BCUT2D eigenvalue weighted by Gasteiger charge is 1.69. The van der Waals surface area contributed by atoms with Crippen LogP contribution >= 0.6 is 0 Å². The maximum atomic E-state index is 4.40. The largest absolute Gasteiger partial charge is 0.239 e. The molecular weight excluding hydrogens is 92.1 g/mol. The predicted octanol–water partition coefficient (Wildman–Crippen LogP) is 0.588. The smallest absolute Gasteiger partial charge is 0.143 e. The Morgan fingerprint density at radius 1 is 1.57 bits per heavy atom. The minimum absolute atomic E-state index is 0.354. The van der Waals surface area contributed by atoms with E-state index >= 15 is 0 Å². The van der Waals surface area contributed by atoms with Gasteiger partial charge >= 0.3 is 0 Å². The van der Waals surface area contributed by atoms with E-state index in [1.807, 2.05) is 0 Å². The zero-order chi connectivity index (χ0) is 5.54. The summed E-state index contributed by atoms with van der Waals surface area (Å²) < 4.78 is 0. The van der Waals surface area contributed by atoms with Crippen molar-refractivity contribution >= 4 is 0 Å². The first-order valence-electron chi connectivity index (χ1n) is 1.97. The minimum atomic E-state index is 0.354. The third-order valence-electron chi connectivity index (χ3n) is 0.426. The molecule has 0 aliphatic carbocycles. The van der Waals surface area contributed by atoms with Gasteiger partial charge in [0.15, 0.2) is 0 Å². The molecule has 0 atom stereocenters. The molecule has 0 unspecified atom stereocenters. The van der Waals surface area contributed by atoms with Crippen LogP contribution in [0.5, 0.6) is 0 Å². The van der Waals surface area contributed by atoms with Gasteiger partial charge in [-0.25, -0.2) is 9.78 Å². The van der Waals surface area contributed by atoms with Crippen molar-refractivity contribution in [2.24, 2.45) is 0 Å². The first-order valence-corrected chi connectivity index (χ1v) is 1.97. The van der Waals surface area contributed by atoms with E-state index in [2.05, 4.69) is 21.6 Å². The van der Waals surface area contributed by atoms with Crippen LogP contribution in [0.3, 0.4) is 0 Å². The van der Waals surface area contributed by atoms with Gasteiger partial charge < -0.3 is 0 Å². The summed E-state index contributed by atoms with van der Waals surface area (Å²) in [5.74, 6) is 5.30. The van der Waals surface area contributed by atoms with Gasteiger partial charge in [-0.2, -0.15) is 0 Å². The predicted molar refractivity (Wildman–Crippen MR) is 26.4 cm³/mol. The fourth-order valence-corrected chi connectivity index (χ4v) is 0.161. The van der Waals surface area contributed by atoms with Crippen molar-refractivity contribution in [2.75, 3.05) is 13.7 Å². The lowest BCUT2D eigenvalue weighted by Crippen LogP contribution is -1.86. The van der Waals surface area contributed by atoms with Gasteiger partial charge in [-0.15, -0.1) is 5.92 Å². The number of hydrogen-bond donors (Lipinski definition) is 0. The van der Waals surface area contributed by atoms with Gasteiger partial charge in [0.1, 0.15) is 6.61 Å². The van der Waals surface area contributed by atoms with E-state index < -0.39 is 0 Å². The fraction of sp³-hybridized carbons (Fsp3) is 0.600. The molecule has 0 amide bonds. The lowest BCUT2D eigenvalue weighted by molar-refractivity contribution is -0.261. The fourth-order valence-electron chi connectivity index (χ4n) is 0.161. The van der Waals surface area contributed by atoms with Gasteiger partial charge in [0, 0.05) is 0 Å². The van der Waals surface area contributed by atoms with E-state index in [0.29, 0.717) is 6.61 Å². The highest BCUT2D eigenvalue weighted by atomic mass is 17.2. The summed E-state index contributed by atoms with van der Waals surface area (Å²) in [6.07, 6.45) is 0. The topological polar surface area (TPSA) is 18.5 Å². The minimum Gasteiger partial charge on any atom is -0.239 e. The van der Waals surface area contributed by atoms with Gasteiger partial charge in [-0.1, -0.05) is 5.92 Å². The van der Waals surface area contributed by atoms with E-state index in [1.54, 1.807) is 6.92 Å². The summed E-state index contributed by atoms with van der Waals surface area (Å²) in [6, 6.07) is 0. The van der Waals surface area contributed by atoms with Gasteiger partial charge in [-0.05, 0) is 6.92 Å². The van der Waals surface area contributed by atoms with Crippen LogP contribution in [0.1, 0.15) is 6.92 Å². The Bertz CT molecular complexity index is 77.8. The standard InChI is InChI=1S/C5H8O2/c1-3-4-5-7-6-2/h5H2,1-2H3. The molecule has 0 aromatic heterocycles. The summed E-state index contributed by atoms with van der Waals surface area (Å²) in [7, 11) is 1.46. The van der Waals surface area contributed by atoms with E-state index in [9.17, 15) is 0 Å². The zero-order valence-corrected chi connectivity index (χ0v) is 4.52. The van der Waals surface area contributed by atoms with Crippen LogP contribution in [0.25, 0.3) is 0 Å². The number of rotatable bonds is 2. The lowest BCUT2D eigenvalue weighted by Gasteiger charge is -1.86. The van der Waals surface area contributed by atoms with Gasteiger partial charge in [0.05, 0.1) is 7.11 Å². The first kappa shape index (κ1) is 6.48. The van der Waals surface area contributed by atoms with Crippen molar-refractivity contribution < 1.29 is 9.78 Å². The van der Waals surface area contributed by atoms with Crippen LogP contribution in [0.15, 0.2) is 0 Å². The molecule has 0 fully saturated rings. The molecule has 40 valence electrons. The average molecular weight is 100 g/mol. The molecule has 7 heavy (non-hydrogen) atoms. The van der Waals surface area contributed by atoms with Crippen molar-refractivity contribution in [3.8, 4) is 11.8 Å². The van der Waals surface area contributed by atoms with Crippen molar-refractivity contribution in [1.29, 1.82) is 0 Å². The van der Waals surface area contributed by atoms with Gasteiger partial charge in [-0.3, -0.25) is 0 Å². The maximum absolute atomic E-state index is 4.40. The van der Waals surface area contributed by atoms with Crippen LogP contribution in [-0.2, 0) is 9.78 Å². The van der Waals surface area contributed by atoms with Crippen molar-refractivity contribution in [2.45, 2.75) is 6.92 Å². The van der Waals surface area contributed by atoms with E-state index in [0.717, 1.165) is 0 Å². The van der Waals surface area contributed by atoms with Crippen LogP contribution in [-0.4, -0.2) is 13.7 Å². The third kappa shape index (κ3) is 5.48. The van der Waals surface area contributed by atoms with Crippen molar-refractivity contribution in [3.05, 3.63) is 0 Å². The van der Waals surface area contributed by atoms with Crippen LogP contribution < -0.4 is 0 Å². The highest BCUT2D eigenvalue weighted by Crippen LogP contribution is 1.67. The summed E-state index contributed by atoms with van der Waals surface area (Å²) >= 11 is 0. The molecule has 2 heteroatoms. The molecule has 0 spiro atoms. The molecule has 0 aromatic carbocycles. The molecular formula is C5H8O2. The molecule has 0 saturated carbocycles. The Morgan fingerprint density at radius 2 is 2.29 bits per heavy atom. The second-order valence-electron chi connectivity index (χ2n) is 0.856.